The van der Waals surface area contributed by atoms with E-state index in [0.29, 0.717) is 30.9 Å². The Morgan fingerprint density at radius 2 is 1.55 bits per heavy atom. The van der Waals surface area contributed by atoms with Gasteiger partial charge in [-0.1, -0.05) is 36.4 Å². The highest BCUT2D eigenvalue weighted by Gasteiger charge is 2.48. The summed E-state index contributed by atoms with van der Waals surface area (Å²) in [5.41, 5.74) is 11.0. The van der Waals surface area contributed by atoms with Gasteiger partial charge in [-0.2, -0.15) is 0 Å². The molecule has 1 heterocycles. The zero-order valence-electron chi connectivity index (χ0n) is 15.8. The van der Waals surface area contributed by atoms with Gasteiger partial charge in [0.2, 0.25) is 11.8 Å². The van der Waals surface area contributed by atoms with Crippen LogP contribution in [0.5, 0.6) is 11.5 Å². The third kappa shape index (κ3) is 5.16. The second-order valence-electron chi connectivity index (χ2n) is 6.78. The molecule has 1 aliphatic rings. The van der Waals surface area contributed by atoms with E-state index in [1.54, 1.807) is 48.5 Å². The van der Waals surface area contributed by atoms with Gasteiger partial charge in [-0.3, -0.25) is 9.59 Å². The molecule has 1 saturated heterocycles. The van der Waals surface area contributed by atoms with Gasteiger partial charge in [0.05, 0.1) is 12.5 Å². The van der Waals surface area contributed by atoms with Gasteiger partial charge >= 0.3 is 7.60 Å². The summed E-state index contributed by atoms with van der Waals surface area (Å²) in [6.45, 7) is 0.344. The predicted octanol–water partition coefficient (Wildman–Crippen LogP) is 2.49. The Morgan fingerprint density at radius 1 is 1.03 bits per heavy atom. The van der Waals surface area contributed by atoms with Crippen LogP contribution in [0.4, 0.5) is 0 Å². The Labute approximate surface area is 169 Å². The average molecular weight is 417 g/mol. The number of nitrogens with two attached hydrogens (primary N) is 2. The minimum absolute atomic E-state index is 0.286. The Bertz CT molecular complexity index is 848. The maximum Gasteiger partial charge on any atom is 0.453 e. The van der Waals surface area contributed by atoms with Gasteiger partial charge in [-0.25, -0.2) is 4.57 Å². The topological polar surface area (TPSA) is 125 Å². The summed E-state index contributed by atoms with van der Waals surface area (Å²) in [7, 11) is -3.86. The maximum absolute atomic E-state index is 13.9. The molecule has 9 heteroatoms. The number of amides is 2. The number of hydrogen-bond acceptors (Lipinski definition) is 6. The molecular formula is C20H24N3O5P. The summed E-state index contributed by atoms with van der Waals surface area (Å²) < 4.78 is 25.6. The predicted molar refractivity (Wildman–Crippen MR) is 108 cm³/mol. The molecule has 3 rings (SSSR count). The second kappa shape index (κ2) is 9.11. The number of carbonyl (C=O) groups is 2. The molecule has 1 aliphatic heterocycles. The molecule has 29 heavy (non-hydrogen) atoms. The fraction of sp³-hybridized carbons (Fsp3) is 0.300. The smallest absolute Gasteiger partial charge is 0.415 e. The van der Waals surface area contributed by atoms with Gasteiger partial charge in [0.15, 0.2) is 5.78 Å². The van der Waals surface area contributed by atoms with Crippen LogP contribution in [0.3, 0.4) is 0 Å². The zero-order chi connectivity index (χ0) is 20.9. The van der Waals surface area contributed by atoms with Gasteiger partial charge in [-0.05, 0) is 37.1 Å². The Kier molecular flexibility index (Phi) is 6.56. The Balaban J connectivity index is 1.90. The molecule has 0 aromatic heterocycles. The lowest BCUT2D eigenvalue weighted by atomic mass is 10.2. The van der Waals surface area contributed by atoms with Crippen LogP contribution in [0.15, 0.2) is 60.7 Å². The van der Waals surface area contributed by atoms with E-state index in [1.807, 2.05) is 12.1 Å². The number of nitrogens with zero attached hydrogens (tertiary/aromatic N) is 1. The van der Waals surface area contributed by atoms with E-state index in [1.165, 1.54) is 4.90 Å². The van der Waals surface area contributed by atoms with Crippen LogP contribution in [-0.2, 0) is 14.2 Å². The van der Waals surface area contributed by atoms with Crippen molar-refractivity contribution in [3.8, 4) is 11.5 Å². The highest BCUT2D eigenvalue weighted by atomic mass is 31.2. The number of carbonyl (C=O) groups excluding carboxylic acids is 2. The molecule has 4 N–H and O–H groups in total. The lowest BCUT2D eigenvalue weighted by Gasteiger charge is -2.32. The molecule has 0 radical (unpaired) electrons. The van der Waals surface area contributed by atoms with Crippen molar-refractivity contribution >= 4 is 19.4 Å². The van der Waals surface area contributed by atoms with Crippen molar-refractivity contribution in [3.05, 3.63) is 60.7 Å². The largest absolute Gasteiger partial charge is 0.453 e. The van der Waals surface area contributed by atoms with Gasteiger partial charge in [-0.15, -0.1) is 0 Å². The van der Waals surface area contributed by atoms with Crippen LogP contribution in [0.1, 0.15) is 19.3 Å². The molecule has 2 amide bonds. The van der Waals surface area contributed by atoms with E-state index in [4.69, 9.17) is 20.5 Å². The third-order valence-corrected chi connectivity index (χ3v) is 6.76. The van der Waals surface area contributed by atoms with Crippen molar-refractivity contribution in [2.24, 2.45) is 11.5 Å². The van der Waals surface area contributed by atoms with Gasteiger partial charge in [0.25, 0.3) is 0 Å². The van der Waals surface area contributed by atoms with Crippen molar-refractivity contribution < 1.29 is 23.2 Å². The number of hydrogen-bond donors (Lipinski definition) is 2. The SMILES string of the molecule is NC(=O)C[C@H](N)C(=O)N1CCC[C@H]1P(=O)(Oc1ccccc1)Oc1ccccc1. The summed E-state index contributed by atoms with van der Waals surface area (Å²) in [5.74, 6) is -1.26. The molecule has 0 spiro atoms. The first-order valence-corrected chi connectivity index (χ1v) is 10.9. The van der Waals surface area contributed by atoms with Crippen LogP contribution in [0, 0.1) is 0 Å². The minimum atomic E-state index is -3.86. The first kappa shape index (κ1) is 20.9. The van der Waals surface area contributed by atoms with Crippen molar-refractivity contribution in [1.82, 2.24) is 4.90 Å². The lowest BCUT2D eigenvalue weighted by molar-refractivity contribution is -0.134. The van der Waals surface area contributed by atoms with Crippen molar-refractivity contribution in [1.29, 1.82) is 0 Å². The van der Waals surface area contributed by atoms with Gasteiger partial charge < -0.3 is 25.4 Å². The summed E-state index contributed by atoms with van der Waals surface area (Å²) in [6, 6.07) is 16.2. The van der Waals surface area contributed by atoms with E-state index < -0.39 is 31.2 Å². The number of rotatable bonds is 8. The number of benzene rings is 2. The minimum Gasteiger partial charge on any atom is -0.415 e. The van der Waals surface area contributed by atoms with Crippen molar-refractivity contribution in [2.75, 3.05) is 6.54 Å². The fourth-order valence-electron chi connectivity index (χ4n) is 3.25. The van der Waals surface area contributed by atoms with E-state index in [-0.39, 0.29) is 6.42 Å². The molecule has 0 unspecified atom stereocenters. The van der Waals surface area contributed by atoms with E-state index >= 15 is 0 Å². The summed E-state index contributed by atoms with van der Waals surface area (Å²) >= 11 is 0. The molecule has 0 bridgehead atoms. The van der Waals surface area contributed by atoms with Crippen LogP contribution < -0.4 is 20.5 Å². The quantitative estimate of drug-likeness (QED) is 0.636. The molecule has 1 fully saturated rings. The van der Waals surface area contributed by atoms with Crippen LogP contribution in [-0.4, -0.2) is 35.1 Å². The number of likely N-dealkylation sites (tertiary alicyclic amines) is 1. The highest BCUT2D eigenvalue weighted by Crippen LogP contribution is 2.56. The van der Waals surface area contributed by atoms with Gasteiger partial charge in [0, 0.05) is 6.54 Å². The molecule has 2 aromatic rings. The first-order valence-electron chi connectivity index (χ1n) is 9.32. The Morgan fingerprint density at radius 3 is 2.03 bits per heavy atom. The summed E-state index contributed by atoms with van der Waals surface area (Å²) in [5, 5.41) is 0. The van der Waals surface area contributed by atoms with E-state index in [9.17, 15) is 14.2 Å². The normalized spacial score (nSPS) is 17.6. The molecular weight excluding hydrogens is 393 g/mol. The van der Waals surface area contributed by atoms with E-state index in [0.717, 1.165) is 0 Å². The lowest BCUT2D eigenvalue weighted by Crippen LogP contribution is -2.48. The number of primary amides is 1. The highest BCUT2D eigenvalue weighted by molar-refractivity contribution is 7.55. The van der Waals surface area contributed by atoms with Crippen molar-refractivity contribution in [3.63, 3.8) is 0 Å². The summed E-state index contributed by atoms with van der Waals surface area (Å²) in [4.78, 5) is 25.3. The van der Waals surface area contributed by atoms with Crippen molar-refractivity contribution in [2.45, 2.75) is 31.1 Å². The molecule has 2 atom stereocenters. The third-order valence-electron chi connectivity index (χ3n) is 4.56. The van der Waals surface area contributed by atoms with Crippen LogP contribution >= 0.6 is 7.60 Å². The van der Waals surface area contributed by atoms with Gasteiger partial charge in [0.1, 0.15) is 11.5 Å². The molecule has 154 valence electrons. The second-order valence-corrected chi connectivity index (χ2v) is 8.82. The molecule has 2 aromatic carbocycles. The average Bonchev–Trinajstić information content (AvgIpc) is 3.19. The standard InChI is InChI=1S/C20H24N3O5P/c21-17(14-18(22)24)20(25)23-13-7-12-19(23)29(26,27-15-8-3-1-4-9-15)28-16-10-5-2-6-11-16/h1-6,8-11,17,19H,7,12-14,21H2,(H2,22,24)/t17-,19+/m0/s1. The Hall–Kier alpha value is -2.83. The number of para-hydroxylation sites is 2. The van der Waals surface area contributed by atoms with Crippen LogP contribution in [0.2, 0.25) is 0 Å². The maximum atomic E-state index is 13.9. The zero-order valence-corrected chi connectivity index (χ0v) is 16.7. The summed E-state index contributed by atoms with van der Waals surface area (Å²) in [6.07, 6.45) is 0.747. The molecule has 8 nitrogen and oxygen atoms in total. The molecule has 0 aliphatic carbocycles. The van der Waals surface area contributed by atoms with E-state index in [2.05, 4.69) is 0 Å². The monoisotopic (exact) mass is 417 g/mol. The first-order chi connectivity index (χ1) is 13.9. The fourth-order valence-corrected chi connectivity index (χ4v) is 5.43. The molecule has 0 saturated carbocycles. The van der Waals surface area contributed by atoms with Crippen LogP contribution in [0.25, 0.3) is 0 Å².